The average molecular weight is 563 g/mol. The second-order valence-corrected chi connectivity index (χ2v) is 14.3. The number of nitrogens with zero attached hydrogens (tertiary/aromatic N) is 2. The smallest absolute Gasteiger partial charge is 0.243 e. The minimum absolute atomic E-state index is 0.0353. The highest BCUT2D eigenvalue weighted by Crippen LogP contribution is 2.27. The Labute approximate surface area is 222 Å². The molecule has 1 unspecified atom stereocenters. The molecule has 37 heavy (non-hydrogen) atoms. The normalized spacial score (nSPS) is 20.4. The number of methoxy groups -OCH3 is 1. The van der Waals surface area contributed by atoms with Crippen LogP contribution in [0.3, 0.4) is 0 Å². The second kappa shape index (κ2) is 13.7. The Morgan fingerprint density at radius 3 is 2.30 bits per heavy atom. The van der Waals surface area contributed by atoms with Crippen LogP contribution in [-0.4, -0.2) is 95.2 Å². The lowest BCUT2D eigenvalue weighted by molar-refractivity contribution is 0.0518. The summed E-state index contributed by atoms with van der Waals surface area (Å²) in [6, 6.07) is 6.14. The van der Waals surface area contributed by atoms with Crippen LogP contribution in [0, 0.1) is 11.8 Å². The van der Waals surface area contributed by atoms with Crippen LogP contribution in [0.1, 0.15) is 46.0 Å². The van der Waals surface area contributed by atoms with Crippen molar-refractivity contribution in [3.8, 4) is 5.75 Å². The monoisotopic (exact) mass is 562 g/mol. The molecule has 0 radical (unpaired) electrons. The number of ether oxygens (including phenoxy) is 3. The maximum absolute atomic E-state index is 13.4. The first-order valence-corrected chi connectivity index (χ1v) is 16.1. The molecule has 212 valence electrons. The molecule has 2 atom stereocenters. The van der Waals surface area contributed by atoms with Crippen molar-refractivity contribution in [2.75, 3.05) is 52.4 Å². The molecule has 2 aliphatic rings. The minimum atomic E-state index is -3.86. The molecule has 1 aromatic rings. The number of rotatable bonds is 15. The van der Waals surface area contributed by atoms with Crippen LogP contribution in [0.4, 0.5) is 0 Å². The molecule has 3 rings (SSSR count). The van der Waals surface area contributed by atoms with E-state index in [-0.39, 0.29) is 56.0 Å². The van der Waals surface area contributed by atoms with Crippen molar-refractivity contribution < 1.29 is 36.2 Å². The SMILES string of the molecule is COc1ccc(S(=O)(=O)N(CC(C)C)C[C@@H](O)CCN(CC2CCCC2)S(=O)(=O)CC2COCO2)cc1. The highest BCUT2D eigenvalue weighted by Gasteiger charge is 2.33. The van der Waals surface area contributed by atoms with Gasteiger partial charge in [-0.15, -0.1) is 0 Å². The lowest BCUT2D eigenvalue weighted by Crippen LogP contribution is -2.43. The third-order valence-corrected chi connectivity index (χ3v) is 10.6. The molecule has 10 nitrogen and oxygen atoms in total. The van der Waals surface area contributed by atoms with Crippen LogP contribution >= 0.6 is 0 Å². The largest absolute Gasteiger partial charge is 0.497 e. The first-order valence-electron chi connectivity index (χ1n) is 13.0. The van der Waals surface area contributed by atoms with E-state index in [9.17, 15) is 21.9 Å². The zero-order valence-electron chi connectivity index (χ0n) is 22.1. The van der Waals surface area contributed by atoms with E-state index in [1.54, 1.807) is 12.1 Å². The molecular weight excluding hydrogens is 520 g/mol. The fraction of sp³-hybridized carbons (Fsp3) is 0.760. The predicted octanol–water partition coefficient (Wildman–Crippen LogP) is 2.29. The lowest BCUT2D eigenvalue weighted by Gasteiger charge is -2.29. The van der Waals surface area contributed by atoms with Gasteiger partial charge in [0.2, 0.25) is 20.0 Å². The number of hydrogen-bond acceptors (Lipinski definition) is 8. The molecule has 0 amide bonds. The fourth-order valence-electron chi connectivity index (χ4n) is 4.83. The van der Waals surface area contributed by atoms with Crippen molar-refractivity contribution in [3.63, 3.8) is 0 Å². The summed E-state index contributed by atoms with van der Waals surface area (Å²) in [6.45, 7) is 4.79. The van der Waals surface area contributed by atoms with Crippen LogP contribution in [0.2, 0.25) is 0 Å². The number of aliphatic hydroxyl groups is 1. The van der Waals surface area contributed by atoms with Gasteiger partial charge in [-0.1, -0.05) is 26.7 Å². The zero-order valence-corrected chi connectivity index (χ0v) is 23.8. The van der Waals surface area contributed by atoms with Crippen molar-refractivity contribution in [3.05, 3.63) is 24.3 Å². The van der Waals surface area contributed by atoms with E-state index in [1.807, 2.05) is 13.8 Å². The van der Waals surface area contributed by atoms with Crippen LogP contribution in [0.25, 0.3) is 0 Å². The maximum Gasteiger partial charge on any atom is 0.243 e. The van der Waals surface area contributed by atoms with Crippen molar-refractivity contribution in [2.45, 2.75) is 63.1 Å². The van der Waals surface area contributed by atoms with Gasteiger partial charge < -0.3 is 19.3 Å². The van der Waals surface area contributed by atoms with Crippen LogP contribution in [0.5, 0.6) is 5.75 Å². The molecular formula is C25H42N2O8S2. The molecule has 0 aromatic heterocycles. The van der Waals surface area contributed by atoms with E-state index in [0.717, 1.165) is 25.7 Å². The molecule has 1 aliphatic heterocycles. The number of aliphatic hydroxyl groups excluding tert-OH is 1. The molecule has 1 aliphatic carbocycles. The van der Waals surface area contributed by atoms with Crippen molar-refractivity contribution in [1.82, 2.24) is 8.61 Å². The summed E-state index contributed by atoms with van der Waals surface area (Å²) in [4.78, 5) is 0.116. The van der Waals surface area contributed by atoms with Crippen LogP contribution in [0.15, 0.2) is 29.2 Å². The van der Waals surface area contributed by atoms with Gasteiger partial charge >= 0.3 is 0 Å². The fourth-order valence-corrected chi connectivity index (χ4v) is 8.16. The van der Waals surface area contributed by atoms with Gasteiger partial charge in [0.25, 0.3) is 0 Å². The lowest BCUT2D eigenvalue weighted by atomic mass is 10.1. The Morgan fingerprint density at radius 2 is 1.73 bits per heavy atom. The molecule has 0 spiro atoms. The van der Waals surface area contributed by atoms with Gasteiger partial charge in [-0.3, -0.25) is 0 Å². The summed E-state index contributed by atoms with van der Waals surface area (Å²) >= 11 is 0. The van der Waals surface area contributed by atoms with E-state index in [0.29, 0.717) is 18.2 Å². The number of sulfonamides is 2. The topological polar surface area (TPSA) is 123 Å². The molecule has 0 bridgehead atoms. The summed E-state index contributed by atoms with van der Waals surface area (Å²) in [6.07, 6.45) is 2.75. The Kier molecular flexibility index (Phi) is 11.2. The van der Waals surface area contributed by atoms with Crippen molar-refractivity contribution >= 4 is 20.0 Å². The zero-order chi connectivity index (χ0) is 27.1. The predicted molar refractivity (Wildman–Crippen MR) is 140 cm³/mol. The molecule has 1 aromatic carbocycles. The maximum atomic E-state index is 13.4. The first kappa shape index (κ1) is 30.3. The minimum Gasteiger partial charge on any atom is -0.497 e. The molecule has 1 saturated heterocycles. The van der Waals surface area contributed by atoms with E-state index in [2.05, 4.69) is 0 Å². The average Bonchev–Trinajstić information content (AvgIpc) is 3.55. The number of benzene rings is 1. The number of hydrogen-bond donors (Lipinski definition) is 1. The summed E-state index contributed by atoms with van der Waals surface area (Å²) < 4.78 is 71.6. The standard InChI is InChI=1S/C25H42N2O8S2/c1-20(2)14-27(37(31,32)25-10-8-23(33-3)9-11-25)16-22(28)12-13-26(15-21-6-4-5-7-21)36(29,30)18-24-17-34-19-35-24/h8-11,20-22,24,28H,4-7,12-19H2,1-3H3/t22-,24?/m0/s1. The van der Waals surface area contributed by atoms with Gasteiger partial charge in [-0.2, -0.15) is 4.31 Å². The summed E-state index contributed by atoms with van der Waals surface area (Å²) in [5, 5.41) is 10.9. The summed E-state index contributed by atoms with van der Waals surface area (Å²) in [5.74, 6) is 0.711. The van der Waals surface area contributed by atoms with Crippen molar-refractivity contribution in [1.29, 1.82) is 0 Å². The van der Waals surface area contributed by atoms with Gasteiger partial charge in [-0.25, -0.2) is 21.1 Å². The molecule has 1 saturated carbocycles. The quantitative estimate of drug-likeness (QED) is 0.346. The molecule has 12 heteroatoms. The molecule has 1 heterocycles. The van der Waals surface area contributed by atoms with Gasteiger partial charge in [0.15, 0.2) is 0 Å². The molecule has 2 fully saturated rings. The van der Waals surface area contributed by atoms with E-state index in [4.69, 9.17) is 14.2 Å². The van der Waals surface area contributed by atoms with E-state index in [1.165, 1.54) is 27.9 Å². The Balaban J connectivity index is 1.69. The summed E-state index contributed by atoms with van der Waals surface area (Å²) in [5.41, 5.74) is 0. The van der Waals surface area contributed by atoms with Gasteiger partial charge in [-0.05, 0) is 55.4 Å². The van der Waals surface area contributed by atoms with Crippen molar-refractivity contribution in [2.24, 2.45) is 11.8 Å². The van der Waals surface area contributed by atoms with Gasteiger partial charge in [0, 0.05) is 26.2 Å². The Hall–Kier alpha value is -1.28. The molecule has 1 N–H and O–H groups in total. The van der Waals surface area contributed by atoms with Gasteiger partial charge in [0.05, 0.1) is 36.6 Å². The van der Waals surface area contributed by atoms with Crippen LogP contribution < -0.4 is 4.74 Å². The highest BCUT2D eigenvalue weighted by molar-refractivity contribution is 7.89. The van der Waals surface area contributed by atoms with E-state index >= 15 is 0 Å². The van der Waals surface area contributed by atoms with Gasteiger partial charge in [0.1, 0.15) is 12.5 Å². The summed E-state index contributed by atoms with van der Waals surface area (Å²) in [7, 11) is -5.99. The Bertz CT molecular complexity index is 1030. The highest BCUT2D eigenvalue weighted by atomic mass is 32.2. The first-order chi connectivity index (χ1) is 17.5. The Morgan fingerprint density at radius 1 is 1.05 bits per heavy atom. The van der Waals surface area contributed by atoms with E-state index < -0.39 is 32.3 Å². The second-order valence-electron chi connectivity index (χ2n) is 10.4. The van der Waals surface area contributed by atoms with Crippen LogP contribution in [-0.2, 0) is 29.5 Å². The third-order valence-electron chi connectivity index (χ3n) is 6.81. The third kappa shape index (κ3) is 8.87.